The normalized spacial score (nSPS) is 11.1. The molecule has 6 nitrogen and oxygen atoms in total. The fourth-order valence-electron chi connectivity index (χ4n) is 2.50. The highest BCUT2D eigenvalue weighted by Crippen LogP contribution is 2.25. The Morgan fingerprint density at radius 2 is 1.84 bits per heavy atom. The molecule has 0 fully saturated rings. The molecule has 2 aromatic heterocycles. The Bertz CT molecular complexity index is 875. The number of nitrogens with zero attached hydrogens (tertiary/aromatic N) is 4. The predicted octanol–water partition coefficient (Wildman–Crippen LogP) is 4.24. The first kappa shape index (κ1) is 17.1. The molecule has 0 atom stereocenters. The summed E-state index contributed by atoms with van der Waals surface area (Å²) >= 11 is 0. The van der Waals surface area contributed by atoms with Gasteiger partial charge in [0, 0.05) is 24.6 Å². The van der Waals surface area contributed by atoms with Crippen molar-refractivity contribution in [3.05, 3.63) is 41.7 Å². The molecule has 25 heavy (non-hydrogen) atoms. The number of aryl methyl sites for hydroxylation is 2. The van der Waals surface area contributed by atoms with E-state index in [1.54, 1.807) is 12.4 Å². The van der Waals surface area contributed by atoms with E-state index in [1.807, 2.05) is 0 Å². The van der Waals surface area contributed by atoms with E-state index in [0.717, 1.165) is 24.2 Å². The third-order valence-corrected chi connectivity index (χ3v) is 3.98. The average molecular weight is 336 g/mol. The van der Waals surface area contributed by atoms with Crippen LogP contribution in [0.4, 0.5) is 17.5 Å². The van der Waals surface area contributed by atoms with Crippen LogP contribution in [0.25, 0.3) is 11.2 Å². The molecule has 2 heterocycles. The number of anilines is 3. The number of nitrogens with one attached hydrogen (secondary N) is 2. The molecule has 0 spiro atoms. The average Bonchev–Trinajstić information content (AvgIpc) is 2.58. The molecule has 0 aliphatic carbocycles. The van der Waals surface area contributed by atoms with Gasteiger partial charge >= 0.3 is 0 Å². The molecule has 1 aromatic carbocycles. The second-order valence-electron chi connectivity index (χ2n) is 6.68. The maximum Gasteiger partial charge on any atom is 0.226 e. The van der Waals surface area contributed by atoms with Crippen molar-refractivity contribution >= 4 is 28.6 Å². The number of fused-ring (bicyclic) bond motifs is 1. The Morgan fingerprint density at radius 1 is 1.04 bits per heavy atom. The minimum absolute atomic E-state index is 0.571. The van der Waals surface area contributed by atoms with Gasteiger partial charge in [-0.05, 0) is 43.4 Å². The van der Waals surface area contributed by atoms with Crippen molar-refractivity contribution < 1.29 is 0 Å². The van der Waals surface area contributed by atoms with Crippen LogP contribution in [0.15, 0.2) is 30.6 Å². The van der Waals surface area contributed by atoms with Crippen LogP contribution in [0, 0.1) is 19.8 Å². The van der Waals surface area contributed by atoms with Crippen molar-refractivity contribution in [2.45, 2.75) is 34.1 Å². The van der Waals surface area contributed by atoms with E-state index in [-0.39, 0.29) is 0 Å². The first-order chi connectivity index (χ1) is 12.0. The van der Waals surface area contributed by atoms with E-state index in [4.69, 9.17) is 0 Å². The molecule has 0 amide bonds. The van der Waals surface area contributed by atoms with Crippen LogP contribution in [0.3, 0.4) is 0 Å². The van der Waals surface area contributed by atoms with Crippen LogP contribution >= 0.6 is 0 Å². The van der Waals surface area contributed by atoms with Crippen LogP contribution in [-0.4, -0.2) is 26.5 Å². The summed E-state index contributed by atoms with van der Waals surface area (Å²) in [6, 6.07) is 6.29. The van der Waals surface area contributed by atoms with Crippen LogP contribution in [0.5, 0.6) is 0 Å². The predicted molar refractivity (Wildman–Crippen MR) is 102 cm³/mol. The number of hydrogen-bond acceptors (Lipinski definition) is 6. The second-order valence-corrected chi connectivity index (χ2v) is 6.68. The highest BCUT2D eigenvalue weighted by atomic mass is 15.2. The van der Waals surface area contributed by atoms with Crippen LogP contribution < -0.4 is 10.6 Å². The van der Waals surface area contributed by atoms with Gasteiger partial charge in [0.05, 0.1) is 0 Å². The molecule has 6 heteroatoms. The lowest BCUT2D eigenvalue weighted by Gasteiger charge is -2.13. The summed E-state index contributed by atoms with van der Waals surface area (Å²) in [5.41, 5.74) is 4.59. The van der Waals surface area contributed by atoms with Crippen LogP contribution in [0.2, 0.25) is 0 Å². The van der Waals surface area contributed by atoms with Gasteiger partial charge in [-0.15, -0.1) is 0 Å². The van der Waals surface area contributed by atoms with Crippen molar-refractivity contribution in [3.8, 4) is 0 Å². The third kappa shape index (κ3) is 4.21. The highest BCUT2D eigenvalue weighted by molar-refractivity contribution is 5.86. The quantitative estimate of drug-likeness (QED) is 0.701. The lowest BCUT2D eigenvalue weighted by atomic mass is 10.1. The molecule has 0 aliphatic heterocycles. The molecule has 0 saturated heterocycles. The van der Waals surface area contributed by atoms with Crippen molar-refractivity contribution in [1.82, 2.24) is 19.9 Å². The zero-order chi connectivity index (χ0) is 17.8. The molecule has 0 bridgehead atoms. The minimum atomic E-state index is 0.571. The van der Waals surface area contributed by atoms with Gasteiger partial charge in [0.1, 0.15) is 0 Å². The summed E-state index contributed by atoms with van der Waals surface area (Å²) in [5, 5.41) is 6.69. The second kappa shape index (κ2) is 7.42. The molecule has 3 aromatic rings. The Morgan fingerprint density at radius 3 is 2.64 bits per heavy atom. The van der Waals surface area contributed by atoms with Crippen molar-refractivity contribution in [2.24, 2.45) is 5.92 Å². The summed E-state index contributed by atoms with van der Waals surface area (Å²) in [6.07, 6.45) is 4.36. The van der Waals surface area contributed by atoms with E-state index >= 15 is 0 Å². The summed E-state index contributed by atoms with van der Waals surface area (Å²) in [7, 11) is 0. The van der Waals surface area contributed by atoms with Gasteiger partial charge < -0.3 is 10.6 Å². The maximum atomic E-state index is 4.63. The fraction of sp³-hybridized carbons (Fsp3) is 0.368. The molecule has 0 unspecified atom stereocenters. The van der Waals surface area contributed by atoms with E-state index in [0.29, 0.717) is 28.8 Å². The smallest absolute Gasteiger partial charge is 0.226 e. The number of aromatic nitrogens is 4. The molecular formula is C19H24N6. The number of rotatable bonds is 6. The zero-order valence-corrected chi connectivity index (χ0v) is 15.2. The van der Waals surface area contributed by atoms with Gasteiger partial charge in [0.25, 0.3) is 0 Å². The lowest BCUT2D eigenvalue weighted by molar-refractivity contribution is 0.606. The van der Waals surface area contributed by atoms with Crippen LogP contribution in [-0.2, 0) is 0 Å². The first-order valence-electron chi connectivity index (χ1n) is 8.60. The van der Waals surface area contributed by atoms with Gasteiger partial charge in [-0.2, -0.15) is 9.97 Å². The molecule has 3 rings (SSSR count). The Hall–Kier alpha value is -2.76. The summed E-state index contributed by atoms with van der Waals surface area (Å²) in [6.45, 7) is 9.36. The van der Waals surface area contributed by atoms with Gasteiger partial charge in [-0.3, -0.25) is 0 Å². The SMILES string of the molecule is Cc1ccc(C)c(Nc2nc(NCCC(C)C)nc3nccnc23)c1. The van der Waals surface area contributed by atoms with Gasteiger partial charge in [0.15, 0.2) is 17.0 Å². The minimum Gasteiger partial charge on any atom is -0.354 e. The molecule has 0 saturated carbocycles. The molecule has 130 valence electrons. The third-order valence-electron chi connectivity index (χ3n) is 3.98. The molecule has 0 aliphatic rings. The highest BCUT2D eigenvalue weighted by Gasteiger charge is 2.11. The van der Waals surface area contributed by atoms with Crippen LogP contribution in [0.1, 0.15) is 31.4 Å². The van der Waals surface area contributed by atoms with Gasteiger partial charge in [-0.1, -0.05) is 26.0 Å². The summed E-state index contributed by atoms with van der Waals surface area (Å²) < 4.78 is 0. The molecular weight excluding hydrogens is 312 g/mol. The van der Waals surface area contributed by atoms with Crippen molar-refractivity contribution in [2.75, 3.05) is 17.2 Å². The van der Waals surface area contributed by atoms with Gasteiger partial charge in [-0.25, -0.2) is 9.97 Å². The Labute approximate surface area is 148 Å². The molecule has 0 radical (unpaired) electrons. The summed E-state index contributed by atoms with van der Waals surface area (Å²) in [5.74, 6) is 1.86. The fourth-order valence-corrected chi connectivity index (χ4v) is 2.50. The van der Waals surface area contributed by atoms with E-state index in [2.05, 4.69) is 76.5 Å². The van der Waals surface area contributed by atoms with E-state index < -0.39 is 0 Å². The van der Waals surface area contributed by atoms with Crippen molar-refractivity contribution in [1.29, 1.82) is 0 Å². The molecule has 2 N–H and O–H groups in total. The van der Waals surface area contributed by atoms with Crippen molar-refractivity contribution in [3.63, 3.8) is 0 Å². The Kier molecular flexibility index (Phi) is 5.07. The van der Waals surface area contributed by atoms with Gasteiger partial charge in [0.2, 0.25) is 5.95 Å². The topological polar surface area (TPSA) is 75.6 Å². The maximum absolute atomic E-state index is 4.63. The summed E-state index contributed by atoms with van der Waals surface area (Å²) in [4.78, 5) is 17.8. The van der Waals surface area contributed by atoms with E-state index in [1.165, 1.54) is 5.56 Å². The van der Waals surface area contributed by atoms with E-state index in [9.17, 15) is 0 Å². The standard InChI is InChI=1S/C19H24N6/c1-12(2)7-8-22-19-24-17-16(20-9-10-21-17)18(25-19)23-15-11-13(3)5-6-14(15)4/h5-6,9-12H,7-8H2,1-4H3,(H2,21,22,23,24,25). The monoisotopic (exact) mass is 336 g/mol. The Balaban J connectivity index is 1.96. The largest absolute Gasteiger partial charge is 0.354 e. The zero-order valence-electron chi connectivity index (χ0n) is 15.2. The first-order valence-corrected chi connectivity index (χ1v) is 8.60. The number of hydrogen-bond donors (Lipinski definition) is 2. The lowest BCUT2D eigenvalue weighted by Crippen LogP contribution is -2.10. The number of benzene rings is 1.